The summed E-state index contributed by atoms with van der Waals surface area (Å²) in [4.78, 5) is 0. The van der Waals surface area contributed by atoms with Crippen LogP contribution in [0.5, 0.6) is 5.75 Å². The van der Waals surface area contributed by atoms with Crippen LogP contribution >= 0.6 is 12.2 Å². The van der Waals surface area contributed by atoms with E-state index in [4.69, 9.17) is 22.7 Å². The highest BCUT2D eigenvalue weighted by molar-refractivity contribution is 7.80. The topological polar surface area (TPSA) is 59.6 Å². The molecule has 0 heterocycles. The van der Waals surface area contributed by atoms with Crippen molar-refractivity contribution in [1.29, 1.82) is 0 Å². The highest BCUT2D eigenvalue weighted by atomic mass is 32.1. The van der Waals surface area contributed by atoms with Gasteiger partial charge >= 0.3 is 0 Å². The third kappa shape index (κ3) is 4.37. The maximum absolute atomic E-state index is 5.70. The Morgan fingerprint density at radius 1 is 1.05 bits per heavy atom. The van der Waals surface area contributed by atoms with Crippen LogP contribution in [-0.4, -0.2) is 17.4 Å². The Hall–Kier alpha value is -2.40. The Morgan fingerprint density at radius 3 is 2.25 bits per heavy atom. The highest BCUT2D eigenvalue weighted by Crippen LogP contribution is 2.09. The molecule has 0 unspecified atom stereocenters. The minimum Gasteiger partial charge on any atom is -0.487 e. The summed E-state index contributed by atoms with van der Waals surface area (Å²) in [6.07, 6.45) is 0. The largest absolute Gasteiger partial charge is 0.487 e. The Balaban J connectivity index is 2.11. The van der Waals surface area contributed by atoms with Gasteiger partial charge in [0.05, 0.1) is 0 Å². The van der Waals surface area contributed by atoms with E-state index in [0.717, 1.165) is 17.0 Å². The molecule has 2 aromatic carbocycles. The van der Waals surface area contributed by atoms with E-state index in [1.54, 1.807) is 0 Å². The zero-order valence-corrected chi connectivity index (χ0v) is 11.6. The van der Waals surface area contributed by atoms with Gasteiger partial charge in [-0.2, -0.15) is 5.10 Å². The van der Waals surface area contributed by atoms with E-state index >= 15 is 0 Å². The van der Waals surface area contributed by atoms with Crippen molar-refractivity contribution in [3.05, 3.63) is 66.2 Å². The highest BCUT2D eigenvalue weighted by Gasteiger charge is 2.05. The number of hydrogen-bond donors (Lipinski definition) is 2. The first-order chi connectivity index (χ1) is 9.75. The van der Waals surface area contributed by atoms with E-state index in [-0.39, 0.29) is 5.11 Å². The van der Waals surface area contributed by atoms with Crippen molar-refractivity contribution in [2.45, 2.75) is 0 Å². The molecule has 0 aromatic heterocycles. The minimum atomic E-state index is 0.123. The Bertz CT molecular complexity index is 585. The van der Waals surface area contributed by atoms with Gasteiger partial charge in [-0.1, -0.05) is 48.5 Å². The molecule has 102 valence electrons. The van der Waals surface area contributed by atoms with Gasteiger partial charge in [0.2, 0.25) is 0 Å². The van der Waals surface area contributed by atoms with E-state index < -0.39 is 0 Å². The summed E-state index contributed by atoms with van der Waals surface area (Å²) < 4.78 is 5.70. The lowest BCUT2D eigenvalue weighted by molar-refractivity contribution is 0.376. The third-order valence-electron chi connectivity index (χ3n) is 2.53. The fourth-order valence-electron chi connectivity index (χ4n) is 1.60. The second-order valence-electron chi connectivity index (χ2n) is 4.00. The monoisotopic (exact) mass is 285 g/mol. The number of ether oxygens (including phenoxy) is 1. The van der Waals surface area contributed by atoms with Gasteiger partial charge < -0.3 is 10.5 Å². The molecular weight excluding hydrogens is 270 g/mol. The summed E-state index contributed by atoms with van der Waals surface area (Å²) in [5.74, 6) is 0.784. The first kappa shape index (κ1) is 14.0. The van der Waals surface area contributed by atoms with Crippen LogP contribution in [0.1, 0.15) is 5.56 Å². The minimum absolute atomic E-state index is 0.123. The smallest absolute Gasteiger partial charge is 0.184 e. The molecule has 3 N–H and O–H groups in total. The van der Waals surface area contributed by atoms with Crippen molar-refractivity contribution in [1.82, 2.24) is 5.43 Å². The standard InChI is InChI=1S/C15H15N3OS/c16-15(20)18-17-14(12-7-3-1-4-8-12)11-19-13-9-5-2-6-10-13/h1-10H,11H2,(H3,16,18,20)/b17-14-. The number of nitrogens with two attached hydrogens (primary N) is 1. The van der Waals surface area contributed by atoms with E-state index in [1.165, 1.54) is 0 Å². The van der Waals surface area contributed by atoms with Gasteiger partial charge in [0.25, 0.3) is 0 Å². The van der Waals surface area contributed by atoms with Crippen LogP contribution in [0.3, 0.4) is 0 Å². The second kappa shape index (κ2) is 7.25. The van der Waals surface area contributed by atoms with Crippen LogP contribution in [0.2, 0.25) is 0 Å². The summed E-state index contributed by atoms with van der Waals surface area (Å²) in [5, 5.41) is 4.31. The summed E-state index contributed by atoms with van der Waals surface area (Å²) >= 11 is 4.76. The molecule has 0 saturated carbocycles. The van der Waals surface area contributed by atoms with Crippen molar-refractivity contribution in [2.75, 3.05) is 6.61 Å². The summed E-state index contributed by atoms with van der Waals surface area (Å²) in [5.41, 5.74) is 9.67. The predicted octanol–water partition coefficient (Wildman–Crippen LogP) is 2.30. The predicted molar refractivity (Wildman–Crippen MR) is 84.8 cm³/mol. The fourth-order valence-corrected chi connectivity index (χ4v) is 1.65. The van der Waals surface area contributed by atoms with Gasteiger partial charge in [-0.25, -0.2) is 0 Å². The lowest BCUT2D eigenvalue weighted by Crippen LogP contribution is -2.27. The van der Waals surface area contributed by atoms with E-state index in [2.05, 4.69) is 10.5 Å². The SMILES string of the molecule is NC(=S)N/N=C(/COc1ccccc1)c1ccccc1. The Kier molecular flexibility index (Phi) is 5.08. The third-order valence-corrected chi connectivity index (χ3v) is 2.62. The number of thiocarbonyl (C=S) groups is 1. The number of rotatable bonds is 5. The molecule has 0 amide bonds. The van der Waals surface area contributed by atoms with E-state index in [9.17, 15) is 0 Å². The number of hydrogen-bond acceptors (Lipinski definition) is 3. The maximum Gasteiger partial charge on any atom is 0.184 e. The molecule has 0 spiro atoms. The van der Waals surface area contributed by atoms with Gasteiger partial charge in [-0.05, 0) is 24.4 Å². The lowest BCUT2D eigenvalue weighted by Gasteiger charge is -2.09. The number of nitrogens with one attached hydrogen (secondary N) is 1. The molecule has 5 heteroatoms. The van der Waals surface area contributed by atoms with Crippen LogP contribution < -0.4 is 15.9 Å². The van der Waals surface area contributed by atoms with E-state index in [0.29, 0.717) is 6.61 Å². The molecule has 2 rings (SSSR count). The number of hydrazone groups is 1. The van der Waals surface area contributed by atoms with Gasteiger partial charge in [-0.15, -0.1) is 0 Å². The quantitative estimate of drug-likeness (QED) is 0.503. The molecule has 0 aliphatic carbocycles. The zero-order chi connectivity index (χ0) is 14.2. The molecule has 0 radical (unpaired) electrons. The summed E-state index contributed by atoms with van der Waals surface area (Å²) in [6.45, 7) is 0.323. The van der Waals surface area contributed by atoms with Crippen LogP contribution in [0.25, 0.3) is 0 Å². The number of benzene rings is 2. The first-order valence-corrected chi connectivity index (χ1v) is 6.52. The maximum atomic E-state index is 5.70. The van der Waals surface area contributed by atoms with Gasteiger partial charge in [0.15, 0.2) is 5.11 Å². The van der Waals surface area contributed by atoms with Crippen molar-refractivity contribution < 1.29 is 4.74 Å². The van der Waals surface area contributed by atoms with Gasteiger partial charge in [0, 0.05) is 5.56 Å². The Labute approximate surface area is 123 Å². The van der Waals surface area contributed by atoms with Crippen molar-refractivity contribution >= 4 is 23.0 Å². The molecule has 4 nitrogen and oxygen atoms in total. The average Bonchev–Trinajstić information content (AvgIpc) is 2.49. The molecule has 0 atom stereocenters. The van der Waals surface area contributed by atoms with Gasteiger partial charge in [0.1, 0.15) is 18.1 Å². The molecule has 0 bridgehead atoms. The van der Waals surface area contributed by atoms with Crippen molar-refractivity contribution in [3.8, 4) is 5.75 Å². The van der Waals surface area contributed by atoms with Crippen molar-refractivity contribution in [3.63, 3.8) is 0 Å². The van der Waals surface area contributed by atoms with Crippen LogP contribution in [-0.2, 0) is 0 Å². The first-order valence-electron chi connectivity index (χ1n) is 6.11. The number of nitrogens with zero attached hydrogens (tertiary/aromatic N) is 1. The molecule has 0 aliphatic heterocycles. The molecule has 20 heavy (non-hydrogen) atoms. The second-order valence-corrected chi connectivity index (χ2v) is 4.44. The average molecular weight is 285 g/mol. The molecule has 0 aliphatic rings. The Morgan fingerprint density at radius 2 is 1.65 bits per heavy atom. The van der Waals surface area contributed by atoms with Crippen LogP contribution in [0.4, 0.5) is 0 Å². The van der Waals surface area contributed by atoms with Crippen LogP contribution in [0.15, 0.2) is 65.8 Å². The van der Waals surface area contributed by atoms with Crippen molar-refractivity contribution in [2.24, 2.45) is 10.8 Å². The molecule has 2 aromatic rings. The van der Waals surface area contributed by atoms with Crippen LogP contribution in [0, 0.1) is 0 Å². The molecular formula is C15H15N3OS. The summed E-state index contributed by atoms with van der Waals surface area (Å²) in [6, 6.07) is 19.3. The molecule has 0 fully saturated rings. The van der Waals surface area contributed by atoms with Gasteiger partial charge in [-0.3, -0.25) is 5.43 Å². The number of para-hydroxylation sites is 1. The zero-order valence-electron chi connectivity index (χ0n) is 10.8. The molecule has 0 saturated heterocycles. The fraction of sp³-hybridized carbons (Fsp3) is 0.0667. The van der Waals surface area contributed by atoms with E-state index in [1.807, 2.05) is 60.7 Å². The lowest BCUT2D eigenvalue weighted by atomic mass is 10.1. The normalized spacial score (nSPS) is 10.9. The summed E-state index contributed by atoms with van der Waals surface area (Å²) in [7, 11) is 0.